The molecule has 0 aromatic carbocycles. The molecule has 0 spiro atoms. The van der Waals surface area contributed by atoms with Crippen LogP contribution in [0.4, 0.5) is 5.82 Å². The van der Waals surface area contributed by atoms with E-state index in [0.717, 1.165) is 31.5 Å². The number of amides is 1. The lowest BCUT2D eigenvalue weighted by atomic mass is 9.91. The smallest absolute Gasteiger partial charge is 0.224 e. The summed E-state index contributed by atoms with van der Waals surface area (Å²) in [5.41, 5.74) is 0. The molecule has 104 valence electrons. The lowest BCUT2D eigenvalue weighted by molar-refractivity contribution is -0.121. The van der Waals surface area contributed by atoms with Gasteiger partial charge in [0.25, 0.3) is 0 Å². The van der Waals surface area contributed by atoms with Crippen LogP contribution in [0.2, 0.25) is 5.28 Å². The molecule has 5 nitrogen and oxygen atoms in total. The highest BCUT2D eigenvalue weighted by atomic mass is 35.5. The van der Waals surface area contributed by atoms with E-state index in [9.17, 15) is 4.79 Å². The minimum atomic E-state index is 0.138. The Kier molecular flexibility index (Phi) is 4.96. The Morgan fingerprint density at radius 3 is 2.68 bits per heavy atom. The van der Waals surface area contributed by atoms with Gasteiger partial charge >= 0.3 is 0 Å². The molecule has 0 bridgehead atoms. The average molecular weight is 283 g/mol. The van der Waals surface area contributed by atoms with Crippen LogP contribution in [0, 0.1) is 0 Å². The van der Waals surface area contributed by atoms with E-state index in [2.05, 4.69) is 20.6 Å². The fourth-order valence-corrected chi connectivity index (χ4v) is 2.48. The van der Waals surface area contributed by atoms with Crippen LogP contribution >= 0.6 is 11.6 Å². The van der Waals surface area contributed by atoms with Gasteiger partial charge in [0, 0.05) is 24.7 Å². The van der Waals surface area contributed by atoms with Gasteiger partial charge in [0.15, 0.2) is 0 Å². The SMILES string of the molecule is CCC(=O)NC1CCC(Nc2ccnc(Cl)n2)CC1. The number of aromatic nitrogens is 2. The standard InChI is InChI=1S/C13H19ClN4O/c1-2-12(19)17-10-5-3-9(4-6-10)16-11-7-8-15-13(14)18-11/h7-10H,2-6H2,1H3,(H,17,19)(H,15,16,18). The van der Waals surface area contributed by atoms with Gasteiger partial charge < -0.3 is 10.6 Å². The molecular weight excluding hydrogens is 264 g/mol. The summed E-state index contributed by atoms with van der Waals surface area (Å²) in [6.45, 7) is 1.88. The summed E-state index contributed by atoms with van der Waals surface area (Å²) in [7, 11) is 0. The number of nitrogens with zero attached hydrogens (tertiary/aromatic N) is 2. The molecule has 2 rings (SSSR count). The van der Waals surface area contributed by atoms with Gasteiger partial charge in [-0.3, -0.25) is 4.79 Å². The molecule has 1 amide bonds. The van der Waals surface area contributed by atoms with Gasteiger partial charge in [-0.1, -0.05) is 6.92 Å². The predicted molar refractivity (Wildman–Crippen MR) is 75.1 cm³/mol. The zero-order valence-corrected chi connectivity index (χ0v) is 11.8. The summed E-state index contributed by atoms with van der Waals surface area (Å²) in [6, 6.07) is 2.52. The second-order valence-electron chi connectivity index (χ2n) is 4.82. The second-order valence-corrected chi connectivity index (χ2v) is 5.16. The third-order valence-electron chi connectivity index (χ3n) is 3.39. The van der Waals surface area contributed by atoms with E-state index >= 15 is 0 Å². The summed E-state index contributed by atoms with van der Waals surface area (Å²) in [5.74, 6) is 0.903. The molecule has 1 aliphatic rings. The minimum absolute atomic E-state index is 0.138. The quantitative estimate of drug-likeness (QED) is 0.832. The van der Waals surface area contributed by atoms with E-state index in [4.69, 9.17) is 11.6 Å². The molecule has 0 radical (unpaired) electrons. The lowest BCUT2D eigenvalue weighted by Crippen LogP contribution is -2.39. The largest absolute Gasteiger partial charge is 0.367 e. The minimum Gasteiger partial charge on any atom is -0.367 e. The number of nitrogens with one attached hydrogen (secondary N) is 2. The van der Waals surface area contributed by atoms with E-state index in [1.807, 2.05) is 13.0 Å². The van der Waals surface area contributed by atoms with E-state index in [0.29, 0.717) is 18.5 Å². The van der Waals surface area contributed by atoms with Crippen molar-refractivity contribution >= 4 is 23.3 Å². The molecule has 6 heteroatoms. The summed E-state index contributed by atoms with van der Waals surface area (Å²) in [6.07, 6.45) is 6.25. The molecular formula is C13H19ClN4O. The highest BCUT2D eigenvalue weighted by Gasteiger charge is 2.22. The summed E-state index contributed by atoms with van der Waals surface area (Å²) in [5, 5.41) is 6.67. The molecule has 0 atom stereocenters. The second kappa shape index (κ2) is 6.70. The molecule has 1 aromatic heterocycles. The Hall–Kier alpha value is -1.36. The maximum Gasteiger partial charge on any atom is 0.224 e. The first kappa shape index (κ1) is 14.1. The van der Waals surface area contributed by atoms with Crippen molar-refractivity contribution < 1.29 is 4.79 Å². The number of carbonyl (C=O) groups is 1. The van der Waals surface area contributed by atoms with Crippen molar-refractivity contribution in [3.8, 4) is 0 Å². The van der Waals surface area contributed by atoms with Crippen LogP contribution < -0.4 is 10.6 Å². The molecule has 1 heterocycles. The molecule has 19 heavy (non-hydrogen) atoms. The van der Waals surface area contributed by atoms with Crippen molar-refractivity contribution in [2.24, 2.45) is 0 Å². The fraction of sp³-hybridized carbons (Fsp3) is 0.615. The monoisotopic (exact) mass is 282 g/mol. The van der Waals surface area contributed by atoms with E-state index in [1.165, 1.54) is 0 Å². The molecule has 0 saturated heterocycles. The molecule has 1 saturated carbocycles. The van der Waals surface area contributed by atoms with Gasteiger partial charge in [0.1, 0.15) is 5.82 Å². The fourth-order valence-electron chi connectivity index (χ4n) is 2.34. The first-order chi connectivity index (χ1) is 9.17. The number of rotatable bonds is 4. The van der Waals surface area contributed by atoms with E-state index in [1.54, 1.807) is 6.20 Å². The molecule has 0 unspecified atom stereocenters. The van der Waals surface area contributed by atoms with E-state index in [-0.39, 0.29) is 11.2 Å². The average Bonchev–Trinajstić information content (AvgIpc) is 2.41. The maximum absolute atomic E-state index is 11.3. The van der Waals surface area contributed by atoms with E-state index < -0.39 is 0 Å². The van der Waals surface area contributed by atoms with Gasteiger partial charge in [0.05, 0.1) is 0 Å². The van der Waals surface area contributed by atoms with Crippen LogP contribution in [-0.4, -0.2) is 28.0 Å². The van der Waals surface area contributed by atoms with Gasteiger partial charge in [-0.05, 0) is 43.4 Å². The van der Waals surface area contributed by atoms with Crippen molar-refractivity contribution in [2.45, 2.75) is 51.1 Å². The Labute approximate surface area is 118 Å². The topological polar surface area (TPSA) is 66.9 Å². The van der Waals surface area contributed by atoms with Crippen LogP contribution in [-0.2, 0) is 4.79 Å². The maximum atomic E-state index is 11.3. The number of halogens is 1. The van der Waals surface area contributed by atoms with Crippen molar-refractivity contribution in [2.75, 3.05) is 5.32 Å². The van der Waals surface area contributed by atoms with Crippen LogP contribution in [0.5, 0.6) is 0 Å². The van der Waals surface area contributed by atoms with Crippen LogP contribution in [0.25, 0.3) is 0 Å². The Balaban J connectivity index is 1.79. The van der Waals surface area contributed by atoms with Crippen LogP contribution in [0.1, 0.15) is 39.0 Å². The lowest BCUT2D eigenvalue weighted by Gasteiger charge is -2.29. The molecule has 0 aliphatic heterocycles. The van der Waals surface area contributed by atoms with Crippen LogP contribution in [0.3, 0.4) is 0 Å². The predicted octanol–water partition coefficient (Wildman–Crippen LogP) is 2.38. The Morgan fingerprint density at radius 1 is 1.37 bits per heavy atom. The Morgan fingerprint density at radius 2 is 2.05 bits per heavy atom. The summed E-state index contributed by atoms with van der Waals surface area (Å²) >= 11 is 5.75. The summed E-state index contributed by atoms with van der Waals surface area (Å²) in [4.78, 5) is 19.3. The van der Waals surface area contributed by atoms with Gasteiger partial charge in [-0.2, -0.15) is 0 Å². The number of hydrogen-bond donors (Lipinski definition) is 2. The normalized spacial score (nSPS) is 22.8. The highest BCUT2D eigenvalue weighted by Crippen LogP contribution is 2.21. The Bertz CT molecular complexity index is 432. The van der Waals surface area contributed by atoms with Crippen molar-refractivity contribution in [3.05, 3.63) is 17.5 Å². The zero-order chi connectivity index (χ0) is 13.7. The van der Waals surface area contributed by atoms with Crippen molar-refractivity contribution in [1.82, 2.24) is 15.3 Å². The number of anilines is 1. The molecule has 1 aliphatic carbocycles. The first-order valence-electron chi connectivity index (χ1n) is 6.72. The highest BCUT2D eigenvalue weighted by molar-refractivity contribution is 6.28. The van der Waals surface area contributed by atoms with Gasteiger partial charge in [-0.25, -0.2) is 9.97 Å². The van der Waals surface area contributed by atoms with Crippen LogP contribution in [0.15, 0.2) is 12.3 Å². The number of hydrogen-bond acceptors (Lipinski definition) is 4. The molecule has 1 aromatic rings. The van der Waals surface area contributed by atoms with Gasteiger partial charge in [0.2, 0.25) is 11.2 Å². The van der Waals surface area contributed by atoms with Crippen molar-refractivity contribution in [1.29, 1.82) is 0 Å². The summed E-state index contributed by atoms with van der Waals surface area (Å²) < 4.78 is 0. The third-order valence-corrected chi connectivity index (χ3v) is 3.57. The zero-order valence-electron chi connectivity index (χ0n) is 11.0. The molecule has 1 fully saturated rings. The number of carbonyl (C=O) groups excluding carboxylic acids is 1. The molecule has 2 N–H and O–H groups in total. The van der Waals surface area contributed by atoms with Crippen molar-refractivity contribution in [3.63, 3.8) is 0 Å². The van der Waals surface area contributed by atoms with Gasteiger partial charge in [-0.15, -0.1) is 0 Å². The third kappa shape index (κ3) is 4.35. The first-order valence-corrected chi connectivity index (χ1v) is 7.09.